The van der Waals surface area contributed by atoms with E-state index in [1.54, 1.807) is 0 Å². The van der Waals surface area contributed by atoms with Crippen LogP contribution >= 0.6 is 22.6 Å². The van der Waals surface area contributed by atoms with Crippen LogP contribution in [-0.2, 0) is 0 Å². The molecule has 2 unspecified atom stereocenters. The summed E-state index contributed by atoms with van der Waals surface area (Å²) >= 11 is 2.43. The van der Waals surface area contributed by atoms with Crippen molar-refractivity contribution >= 4 is 28.3 Å². The Balaban J connectivity index is 2.15. The lowest BCUT2D eigenvalue weighted by Gasteiger charge is -2.38. The minimum atomic E-state index is 0.626. The predicted molar refractivity (Wildman–Crippen MR) is 87.4 cm³/mol. The molecule has 3 heteroatoms. The highest BCUT2D eigenvalue weighted by atomic mass is 127. The monoisotopic (exact) mass is 358 g/mol. The van der Waals surface area contributed by atoms with Crippen molar-refractivity contribution in [2.24, 2.45) is 5.92 Å². The van der Waals surface area contributed by atoms with Gasteiger partial charge in [0.25, 0.3) is 0 Å². The van der Waals surface area contributed by atoms with Crippen molar-refractivity contribution < 1.29 is 0 Å². The highest BCUT2D eigenvalue weighted by Gasteiger charge is 2.24. The fourth-order valence-electron chi connectivity index (χ4n) is 2.60. The largest absolute Gasteiger partial charge is 0.368 e. The van der Waals surface area contributed by atoms with Gasteiger partial charge in [-0.1, -0.05) is 26.3 Å². The van der Waals surface area contributed by atoms with Crippen molar-refractivity contribution in [2.75, 3.05) is 24.5 Å². The molecule has 1 aliphatic heterocycles. The molecule has 0 spiro atoms. The van der Waals surface area contributed by atoms with E-state index in [0.717, 1.165) is 25.6 Å². The summed E-state index contributed by atoms with van der Waals surface area (Å²) < 4.78 is 1.36. The normalized spacial score (nSPS) is 22.0. The number of piperazine rings is 1. The maximum absolute atomic E-state index is 3.66. The summed E-state index contributed by atoms with van der Waals surface area (Å²) in [7, 11) is 0. The van der Waals surface area contributed by atoms with E-state index in [1.165, 1.54) is 21.2 Å². The first-order chi connectivity index (χ1) is 8.63. The highest BCUT2D eigenvalue weighted by Crippen LogP contribution is 2.26. The van der Waals surface area contributed by atoms with E-state index < -0.39 is 0 Å². The summed E-state index contributed by atoms with van der Waals surface area (Å²) in [5, 5.41) is 3.66. The van der Waals surface area contributed by atoms with E-state index in [-0.39, 0.29) is 0 Å². The third-order valence-corrected chi connectivity index (χ3v) is 5.28. The Kier molecular flexibility index (Phi) is 4.90. The van der Waals surface area contributed by atoms with E-state index in [9.17, 15) is 0 Å². The number of anilines is 1. The molecule has 1 aromatic rings. The van der Waals surface area contributed by atoms with Gasteiger partial charge in [-0.05, 0) is 53.1 Å². The number of nitrogens with zero attached hydrogens (tertiary/aromatic N) is 1. The Morgan fingerprint density at radius 1 is 1.50 bits per heavy atom. The predicted octanol–water partition coefficient (Wildman–Crippen LogP) is 3.42. The van der Waals surface area contributed by atoms with Gasteiger partial charge in [-0.15, -0.1) is 0 Å². The average Bonchev–Trinajstić information content (AvgIpc) is 2.41. The van der Waals surface area contributed by atoms with Gasteiger partial charge in [-0.25, -0.2) is 0 Å². The molecule has 1 heterocycles. The van der Waals surface area contributed by atoms with E-state index in [1.807, 2.05) is 0 Å². The zero-order valence-electron chi connectivity index (χ0n) is 11.5. The Bertz CT molecular complexity index is 405. The second kappa shape index (κ2) is 6.24. The number of hydrogen-bond donors (Lipinski definition) is 1. The zero-order chi connectivity index (χ0) is 13.1. The van der Waals surface area contributed by atoms with Crippen LogP contribution in [0, 0.1) is 16.4 Å². The van der Waals surface area contributed by atoms with Crippen molar-refractivity contribution in [3.8, 4) is 0 Å². The summed E-state index contributed by atoms with van der Waals surface area (Å²) in [6.45, 7) is 10.2. The Morgan fingerprint density at radius 3 is 3.00 bits per heavy atom. The van der Waals surface area contributed by atoms with Crippen LogP contribution in [0.2, 0.25) is 0 Å². The van der Waals surface area contributed by atoms with Gasteiger partial charge in [0.2, 0.25) is 0 Å². The van der Waals surface area contributed by atoms with Crippen molar-refractivity contribution in [3.05, 3.63) is 27.3 Å². The van der Waals surface area contributed by atoms with Gasteiger partial charge in [0.1, 0.15) is 0 Å². The molecule has 2 nitrogen and oxygen atoms in total. The molecule has 0 amide bonds. The van der Waals surface area contributed by atoms with Gasteiger partial charge in [-0.2, -0.15) is 0 Å². The molecule has 1 saturated heterocycles. The highest BCUT2D eigenvalue weighted by molar-refractivity contribution is 14.1. The van der Waals surface area contributed by atoms with Crippen LogP contribution in [0.25, 0.3) is 0 Å². The van der Waals surface area contributed by atoms with Gasteiger partial charge in [0, 0.05) is 34.9 Å². The van der Waals surface area contributed by atoms with Crippen LogP contribution in [0.3, 0.4) is 0 Å². The molecule has 1 aliphatic rings. The van der Waals surface area contributed by atoms with Crippen LogP contribution in [-0.4, -0.2) is 25.7 Å². The van der Waals surface area contributed by atoms with Crippen LogP contribution < -0.4 is 10.2 Å². The second-order valence-electron chi connectivity index (χ2n) is 5.28. The third kappa shape index (κ3) is 2.99. The van der Waals surface area contributed by atoms with Gasteiger partial charge in [0.05, 0.1) is 0 Å². The van der Waals surface area contributed by atoms with Crippen LogP contribution in [0.5, 0.6) is 0 Å². The molecule has 0 bridgehead atoms. The molecule has 1 N–H and O–H groups in total. The molecule has 2 rings (SSSR count). The summed E-state index contributed by atoms with van der Waals surface area (Å²) in [5.74, 6) is 0.746. The Hall–Kier alpha value is -0.290. The lowest BCUT2D eigenvalue weighted by Crippen LogP contribution is -2.53. The smallest absolute Gasteiger partial charge is 0.0407 e. The van der Waals surface area contributed by atoms with Crippen LogP contribution in [0.15, 0.2) is 18.2 Å². The quantitative estimate of drug-likeness (QED) is 0.833. The Labute approximate surface area is 124 Å². The molecule has 2 atom stereocenters. The van der Waals surface area contributed by atoms with E-state index in [2.05, 4.69) is 71.8 Å². The minimum Gasteiger partial charge on any atom is -0.368 e. The van der Waals surface area contributed by atoms with Crippen LogP contribution in [0.1, 0.15) is 25.8 Å². The molecule has 100 valence electrons. The van der Waals surface area contributed by atoms with Crippen molar-refractivity contribution in [2.45, 2.75) is 33.2 Å². The maximum atomic E-state index is 3.66. The Morgan fingerprint density at radius 2 is 2.28 bits per heavy atom. The van der Waals surface area contributed by atoms with Gasteiger partial charge >= 0.3 is 0 Å². The lowest BCUT2D eigenvalue weighted by molar-refractivity contribution is 0.341. The van der Waals surface area contributed by atoms with E-state index >= 15 is 0 Å². The minimum absolute atomic E-state index is 0.626. The van der Waals surface area contributed by atoms with Crippen molar-refractivity contribution in [1.82, 2.24) is 5.32 Å². The van der Waals surface area contributed by atoms with Gasteiger partial charge < -0.3 is 10.2 Å². The number of benzene rings is 1. The molecule has 1 fully saturated rings. The molecule has 0 aromatic heterocycles. The van der Waals surface area contributed by atoms with Crippen molar-refractivity contribution in [3.63, 3.8) is 0 Å². The topological polar surface area (TPSA) is 15.3 Å². The first-order valence-corrected chi connectivity index (χ1v) is 7.94. The molecule has 0 aliphatic carbocycles. The molecule has 18 heavy (non-hydrogen) atoms. The standard InChI is InChI=1S/C15H23IN2/c1-4-11(2)14-10-18(9-8-17-14)15-7-5-6-13(16)12(15)3/h5-7,11,14,17H,4,8-10H2,1-3H3. The third-order valence-electron chi connectivity index (χ3n) is 4.12. The lowest BCUT2D eigenvalue weighted by atomic mass is 9.96. The molecule has 1 aromatic carbocycles. The zero-order valence-corrected chi connectivity index (χ0v) is 13.7. The molecule has 0 radical (unpaired) electrons. The fourth-order valence-corrected chi connectivity index (χ4v) is 3.09. The van der Waals surface area contributed by atoms with E-state index in [4.69, 9.17) is 0 Å². The molecule has 0 saturated carbocycles. The summed E-state index contributed by atoms with van der Waals surface area (Å²) in [6.07, 6.45) is 1.25. The number of hydrogen-bond acceptors (Lipinski definition) is 2. The van der Waals surface area contributed by atoms with Gasteiger partial charge in [-0.3, -0.25) is 0 Å². The molecular formula is C15H23IN2. The number of rotatable bonds is 3. The van der Waals surface area contributed by atoms with Crippen LogP contribution in [0.4, 0.5) is 5.69 Å². The number of halogens is 1. The molecular weight excluding hydrogens is 335 g/mol. The maximum Gasteiger partial charge on any atom is 0.0407 e. The summed E-state index contributed by atoms with van der Waals surface area (Å²) in [6, 6.07) is 7.25. The average molecular weight is 358 g/mol. The first-order valence-electron chi connectivity index (χ1n) is 6.87. The number of nitrogens with one attached hydrogen (secondary N) is 1. The van der Waals surface area contributed by atoms with Crippen molar-refractivity contribution in [1.29, 1.82) is 0 Å². The summed E-state index contributed by atoms with van der Waals surface area (Å²) in [4.78, 5) is 2.55. The summed E-state index contributed by atoms with van der Waals surface area (Å²) in [5.41, 5.74) is 2.83. The van der Waals surface area contributed by atoms with Gasteiger partial charge in [0.15, 0.2) is 0 Å². The second-order valence-corrected chi connectivity index (χ2v) is 6.44. The fraction of sp³-hybridized carbons (Fsp3) is 0.600. The van der Waals surface area contributed by atoms with E-state index in [0.29, 0.717) is 6.04 Å². The first kappa shape index (κ1) is 14.1. The SMILES string of the molecule is CCC(C)C1CN(c2cccc(I)c2C)CCN1.